The molecule has 0 radical (unpaired) electrons. The molecule has 2 heterocycles. The van der Waals surface area contributed by atoms with E-state index in [1.165, 1.54) is 6.42 Å². The van der Waals surface area contributed by atoms with Gasteiger partial charge in [-0.05, 0) is 52.5 Å². The van der Waals surface area contributed by atoms with Crippen molar-refractivity contribution in [2.75, 3.05) is 19.6 Å². The van der Waals surface area contributed by atoms with Crippen LogP contribution in [0.4, 0.5) is 4.79 Å². The molecule has 2 atom stereocenters. The van der Waals surface area contributed by atoms with E-state index in [0.29, 0.717) is 6.04 Å². The predicted molar refractivity (Wildman–Crippen MR) is 66.9 cm³/mol. The molecular formula is C13H24N2O2. The second-order valence-corrected chi connectivity index (χ2v) is 6.21. The van der Waals surface area contributed by atoms with E-state index in [9.17, 15) is 4.79 Å². The zero-order chi connectivity index (χ0) is 12.5. The topological polar surface area (TPSA) is 41.6 Å². The summed E-state index contributed by atoms with van der Waals surface area (Å²) in [5, 5.41) is 3.42. The number of hydrogen-bond acceptors (Lipinski definition) is 3. The third-order valence-electron chi connectivity index (χ3n) is 3.56. The fourth-order valence-electron chi connectivity index (χ4n) is 2.73. The maximum atomic E-state index is 12.1. The minimum absolute atomic E-state index is 0.148. The Morgan fingerprint density at radius 2 is 2.12 bits per heavy atom. The van der Waals surface area contributed by atoms with Crippen LogP contribution in [0, 0.1) is 5.92 Å². The van der Waals surface area contributed by atoms with Crippen LogP contribution < -0.4 is 5.32 Å². The molecule has 0 spiro atoms. The highest BCUT2D eigenvalue weighted by molar-refractivity contribution is 5.68. The quantitative estimate of drug-likeness (QED) is 0.704. The number of nitrogens with one attached hydrogen (secondary N) is 1. The summed E-state index contributed by atoms with van der Waals surface area (Å²) in [5.74, 6) is 0.786. The van der Waals surface area contributed by atoms with E-state index in [-0.39, 0.29) is 6.09 Å². The van der Waals surface area contributed by atoms with E-state index in [4.69, 9.17) is 4.74 Å². The van der Waals surface area contributed by atoms with Gasteiger partial charge in [0.25, 0.3) is 0 Å². The van der Waals surface area contributed by atoms with Gasteiger partial charge in [-0.1, -0.05) is 0 Å². The van der Waals surface area contributed by atoms with Crippen molar-refractivity contribution < 1.29 is 9.53 Å². The minimum atomic E-state index is -0.397. The first-order valence-corrected chi connectivity index (χ1v) is 6.66. The zero-order valence-corrected chi connectivity index (χ0v) is 11.2. The summed E-state index contributed by atoms with van der Waals surface area (Å²) in [6, 6.07) is 0.325. The van der Waals surface area contributed by atoms with E-state index in [0.717, 1.165) is 38.4 Å². The lowest BCUT2D eigenvalue weighted by molar-refractivity contribution is 0.00658. The number of hydrogen-bond donors (Lipinski definition) is 1. The van der Waals surface area contributed by atoms with Crippen LogP contribution in [0.1, 0.15) is 40.0 Å². The van der Waals surface area contributed by atoms with Gasteiger partial charge in [-0.2, -0.15) is 0 Å². The van der Waals surface area contributed by atoms with E-state index in [2.05, 4.69) is 5.32 Å². The molecule has 4 nitrogen and oxygen atoms in total. The number of amides is 1. The first-order chi connectivity index (χ1) is 7.96. The molecule has 2 fully saturated rings. The van der Waals surface area contributed by atoms with Gasteiger partial charge in [0.2, 0.25) is 0 Å². The normalized spacial score (nSPS) is 29.7. The van der Waals surface area contributed by atoms with Crippen molar-refractivity contribution in [3.63, 3.8) is 0 Å². The molecule has 4 heteroatoms. The Bertz CT molecular complexity index is 286. The van der Waals surface area contributed by atoms with Crippen LogP contribution in [-0.4, -0.2) is 42.3 Å². The largest absolute Gasteiger partial charge is 0.444 e. The fraction of sp³-hybridized carbons (Fsp3) is 0.923. The summed E-state index contributed by atoms with van der Waals surface area (Å²) >= 11 is 0. The highest BCUT2D eigenvalue weighted by atomic mass is 16.6. The molecule has 2 aliphatic heterocycles. The van der Waals surface area contributed by atoms with Gasteiger partial charge < -0.3 is 15.0 Å². The van der Waals surface area contributed by atoms with Crippen molar-refractivity contribution >= 4 is 6.09 Å². The van der Waals surface area contributed by atoms with Gasteiger partial charge in [0.05, 0.1) is 0 Å². The van der Waals surface area contributed by atoms with Crippen molar-refractivity contribution in [3.8, 4) is 0 Å². The highest BCUT2D eigenvalue weighted by Crippen LogP contribution is 2.28. The van der Waals surface area contributed by atoms with Crippen LogP contribution in [0.15, 0.2) is 0 Å². The monoisotopic (exact) mass is 240 g/mol. The van der Waals surface area contributed by atoms with Gasteiger partial charge in [0.15, 0.2) is 0 Å². The fourth-order valence-corrected chi connectivity index (χ4v) is 2.73. The van der Waals surface area contributed by atoms with Crippen molar-refractivity contribution in [2.45, 2.75) is 51.7 Å². The molecule has 0 aromatic carbocycles. The number of ether oxygens (including phenoxy) is 1. The lowest BCUT2D eigenvalue weighted by Gasteiger charge is -2.38. The third kappa shape index (κ3) is 3.35. The van der Waals surface area contributed by atoms with Crippen molar-refractivity contribution in [1.82, 2.24) is 10.2 Å². The lowest BCUT2D eigenvalue weighted by atomic mass is 9.90. The SMILES string of the molecule is CC(C)(C)OC(=O)N1CCC2CCNCC1C2. The number of likely N-dealkylation sites (tertiary alicyclic amines) is 1. The molecule has 2 saturated heterocycles. The number of fused-ring (bicyclic) bond motifs is 2. The summed E-state index contributed by atoms with van der Waals surface area (Å²) in [6.07, 6.45) is 3.35. The van der Waals surface area contributed by atoms with Crippen molar-refractivity contribution in [2.24, 2.45) is 5.92 Å². The molecule has 17 heavy (non-hydrogen) atoms. The summed E-state index contributed by atoms with van der Waals surface area (Å²) in [7, 11) is 0. The Hall–Kier alpha value is -0.770. The molecule has 2 bridgehead atoms. The van der Waals surface area contributed by atoms with Crippen LogP contribution in [0.5, 0.6) is 0 Å². The van der Waals surface area contributed by atoms with E-state index in [1.807, 2.05) is 25.7 Å². The van der Waals surface area contributed by atoms with E-state index in [1.54, 1.807) is 0 Å². The first-order valence-electron chi connectivity index (χ1n) is 6.66. The number of rotatable bonds is 0. The van der Waals surface area contributed by atoms with E-state index >= 15 is 0 Å². The maximum Gasteiger partial charge on any atom is 0.410 e. The van der Waals surface area contributed by atoms with Crippen molar-refractivity contribution in [1.29, 1.82) is 0 Å². The molecule has 0 saturated carbocycles. The molecule has 2 rings (SSSR count). The second kappa shape index (κ2) is 4.84. The molecule has 98 valence electrons. The zero-order valence-electron chi connectivity index (χ0n) is 11.2. The number of carbonyl (C=O) groups is 1. The maximum absolute atomic E-state index is 12.1. The summed E-state index contributed by atoms with van der Waals surface area (Å²) in [4.78, 5) is 14.0. The van der Waals surface area contributed by atoms with Crippen LogP contribution >= 0.6 is 0 Å². The predicted octanol–water partition coefficient (Wildman–Crippen LogP) is 2.00. The molecule has 2 unspecified atom stereocenters. The lowest BCUT2D eigenvalue weighted by Crippen LogP contribution is -2.50. The van der Waals surface area contributed by atoms with Gasteiger partial charge in [-0.15, -0.1) is 0 Å². The van der Waals surface area contributed by atoms with Gasteiger partial charge in [-0.3, -0.25) is 0 Å². The van der Waals surface area contributed by atoms with Crippen LogP contribution in [0.3, 0.4) is 0 Å². The molecular weight excluding hydrogens is 216 g/mol. The van der Waals surface area contributed by atoms with Gasteiger partial charge >= 0.3 is 6.09 Å². The number of nitrogens with zero attached hydrogens (tertiary/aromatic N) is 1. The summed E-state index contributed by atoms with van der Waals surface area (Å²) in [6.45, 7) is 8.61. The number of carbonyl (C=O) groups excluding carboxylic acids is 1. The molecule has 1 amide bonds. The number of piperidine rings is 1. The Labute approximate surface area is 104 Å². The Morgan fingerprint density at radius 3 is 2.82 bits per heavy atom. The molecule has 1 N–H and O–H groups in total. The Kier molecular flexibility index (Phi) is 3.61. The third-order valence-corrected chi connectivity index (χ3v) is 3.56. The van der Waals surface area contributed by atoms with Crippen LogP contribution in [-0.2, 0) is 4.74 Å². The summed E-state index contributed by atoms with van der Waals surface area (Å²) < 4.78 is 5.47. The van der Waals surface area contributed by atoms with Gasteiger partial charge in [0.1, 0.15) is 5.60 Å². The molecule has 2 aliphatic rings. The Balaban J connectivity index is 1.98. The molecule has 0 aliphatic carbocycles. The minimum Gasteiger partial charge on any atom is -0.444 e. The average molecular weight is 240 g/mol. The average Bonchev–Trinajstić information content (AvgIpc) is 2.38. The second-order valence-electron chi connectivity index (χ2n) is 6.21. The van der Waals surface area contributed by atoms with Crippen LogP contribution in [0.2, 0.25) is 0 Å². The first kappa shape index (κ1) is 12.7. The Morgan fingerprint density at radius 1 is 1.35 bits per heavy atom. The summed E-state index contributed by atoms with van der Waals surface area (Å²) in [5.41, 5.74) is -0.397. The molecule has 0 aromatic heterocycles. The standard InChI is InChI=1S/C13H24N2O2/c1-13(2,3)17-12(16)15-7-5-10-4-6-14-9-11(15)8-10/h10-11,14H,4-9H2,1-3H3. The smallest absolute Gasteiger partial charge is 0.410 e. The van der Waals surface area contributed by atoms with Crippen molar-refractivity contribution in [3.05, 3.63) is 0 Å². The van der Waals surface area contributed by atoms with E-state index < -0.39 is 5.60 Å². The van der Waals surface area contributed by atoms with Crippen LogP contribution in [0.25, 0.3) is 0 Å². The van der Waals surface area contributed by atoms with Gasteiger partial charge in [-0.25, -0.2) is 4.79 Å². The van der Waals surface area contributed by atoms with Gasteiger partial charge in [0, 0.05) is 19.1 Å². The molecule has 0 aromatic rings. The highest BCUT2D eigenvalue weighted by Gasteiger charge is 2.34.